The van der Waals surface area contributed by atoms with E-state index in [1.807, 2.05) is 6.07 Å². The molecule has 0 atom stereocenters. The van der Waals surface area contributed by atoms with Crippen LogP contribution in [0.4, 0.5) is 5.69 Å². The van der Waals surface area contributed by atoms with E-state index in [0.29, 0.717) is 12.8 Å². The van der Waals surface area contributed by atoms with E-state index in [0.717, 1.165) is 25.4 Å². The van der Waals surface area contributed by atoms with Crippen molar-refractivity contribution in [1.82, 2.24) is 4.90 Å². The Labute approximate surface area is 167 Å². The monoisotopic (exact) mass is 370 g/mol. The molecule has 1 fully saturated rings. The lowest BCUT2D eigenvalue weighted by atomic mass is 10.0. The van der Waals surface area contributed by atoms with Crippen molar-refractivity contribution in [2.45, 2.75) is 25.4 Å². The molecule has 0 radical (unpaired) electrons. The van der Waals surface area contributed by atoms with Gasteiger partial charge in [0.1, 0.15) is 5.75 Å². The molecule has 0 bridgehead atoms. The molecular weight excluding hydrogens is 344 g/mol. The summed E-state index contributed by atoms with van der Waals surface area (Å²) in [6, 6.07) is 28.6. The first kappa shape index (κ1) is 17.3. The van der Waals surface area contributed by atoms with Gasteiger partial charge in [-0.25, -0.2) is 0 Å². The molecule has 3 aromatic rings. The van der Waals surface area contributed by atoms with E-state index in [1.165, 1.54) is 35.2 Å². The molecule has 3 heteroatoms. The molecule has 3 aromatic carbocycles. The Morgan fingerprint density at radius 2 is 1.43 bits per heavy atom. The highest BCUT2D eigenvalue weighted by molar-refractivity contribution is 5.63. The number of benzene rings is 3. The molecule has 3 nitrogen and oxygen atoms in total. The molecule has 0 aromatic heterocycles. The lowest BCUT2D eigenvalue weighted by Gasteiger charge is -2.37. The number of likely N-dealkylation sites (tertiary alicyclic amines) is 1. The van der Waals surface area contributed by atoms with Crippen molar-refractivity contribution in [2.24, 2.45) is 0 Å². The predicted octanol–water partition coefficient (Wildman–Crippen LogP) is 5.17. The number of anilines is 1. The Morgan fingerprint density at radius 3 is 2.21 bits per heavy atom. The number of hydrogen-bond acceptors (Lipinski definition) is 3. The SMILES string of the molecule is c1ccc(-c2ccc(CN3CCC(N4COc5ccccc54)CC3)cc2)cc1. The van der Waals surface area contributed by atoms with Gasteiger partial charge in [0.15, 0.2) is 6.73 Å². The standard InChI is InChI=1S/C25H26N2O/c1-2-6-21(7-3-1)22-12-10-20(11-13-22)18-26-16-14-23(15-17-26)27-19-28-25-9-5-4-8-24(25)27/h1-13,23H,14-19H2. The number of ether oxygens (including phenoxy) is 1. The largest absolute Gasteiger partial charge is 0.471 e. The van der Waals surface area contributed by atoms with E-state index >= 15 is 0 Å². The maximum Gasteiger partial charge on any atom is 0.161 e. The minimum Gasteiger partial charge on any atom is -0.471 e. The third-order valence-corrected chi connectivity index (χ3v) is 6.00. The van der Waals surface area contributed by atoms with E-state index < -0.39 is 0 Å². The van der Waals surface area contributed by atoms with Crippen LogP contribution in [-0.2, 0) is 6.54 Å². The lowest BCUT2D eigenvalue weighted by Crippen LogP contribution is -2.44. The summed E-state index contributed by atoms with van der Waals surface area (Å²) in [6.07, 6.45) is 2.39. The summed E-state index contributed by atoms with van der Waals surface area (Å²) in [5.41, 5.74) is 5.23. The molecule has 2 aliphatic heterocycles. The van der Waals surface area contributed by atoms with Gasteiger partial charge < -0.3 is 9.64 Å². The Kier molecular flexibility index (Phi) is 4.76. The van der Waals surface area contributed by atoms with Crippen LogP contribution in [0, 0.1) is 0 Å². The van der Waals surface area contributed by atoms with Gasteiger partial charge in [-0.3, -0.25) is 4.90 Å². The number of hydrogen-bond donors (Lipinski definition) is 0. The van der Waals surface area contributed by atoms with E-state index in [-0.39, 0.29) is 0 Å². The van der Waals surface area contributed by atoms with Crippen LogP contribution in [0.1, 0.15) is 18.4 Å². The molecule has 2 aliphatic rings. The molecular formula is C25H26N2O. The number of fused-ring (bicyclic) bond motifs is 1. The van der Waals surface area contributed by atoms with Crippen molar-refractivity contribution >= 4 is 5.69 Å². The summed E-state index contributed by atoms with van der Waals surface area (Å²) in [6.45, 7) is 4.02. The molecule has 0 amide bonds. The molecule has 2 heterocycles. The number of rotatable bonds is 4. The first-order valence-corrected chi connectivity index (χ1v) is 10.2. The summed E-state index contributed by atoms with van der Waals surface area (Å²) >= 11 is 0. The normalized spacial score (nSPS) is 17.4. The third-order valence-electron chi connectivity index (χ3n) is 6.00. The van der Waals surface area contributed by atoms with E-state index in [1.54, 1.807) is 0 Å². The topological polar surface area (TPSA) is 15.7 Å². The maximum atomic E-state index is 5.85. The van der Waals surface area contributed by atoms with Gasteiger partial charge in [-0.1, -0.05) is 66.7 Å². The van der Waals surface area contributed by atoms with Crippen molar-refractivity contribution in [2.75, 3.05) is 24.7 Å². The van der Waals surface area contributed by atoms with Crippen molar-refractivity contribution in [3.8, 4) is 16.9 Å². The van der Waals surface area contributed by atoms with Crippen LogP contribution in [0.2, 0.25) is 0 Å². The van der Waals surface area contributed by atoms with Crippen LogP contribution >= 0.6 is 0 Å². The molecule has 28 heavy (non-hydrogen) atoms. The second-order valence-corrected chi connectivity index (χ2v) is 7.78. The van der Waals surface area contributed by atoms with Gasteiger partial charge in [-0.2, -0.15) is 0 Å². The minimum atomic E-state index is 0.584. The second kappa shape index (κ2) is 7.69. The Balaban J connectivity index is 1.18. The molecule has 0 unspecified atom stereocenters. The van der Waals surface area contributed by atoms with Crippen LogP contribution in [0.15, 0.2) is 78.9 Å². The average Bonchev–Trinajstić information content (AvgIpc) is 3.20. The summed E-state index contributed by atoms with van der Waals surface area (Å²) in [5, 5.41) is 0. The first-order chi connectivity index (χ1) is 13.9. The summed E-state index contributed by atoms with van der Waals surface area (Å²) in [5.74, 6) is 1.03. The van der Waals surface area contributed by atoms with Gasteiger partial charge >= 0.3 is 0 Å². The highest BCUT2D eigenvalue weighted by atomic mass is 16.5. The fourth-order valence-corrected chi connectivity index (χ4v) is 4.41. The maximum absolute atomic E-state index is 5.85. The molecule has 0 aliphatic carbocycles. The quantitative estimate of drug-likeness (QED) is 0.630. The lowest BCUT2D eigenvalue weighted by molar-refractivity contribution is 0.194. The first-order valence-electron chi connectivity index (χ1n) is 10.2. The smallest absolute Gasteiger partial charge is 0.161 e. The van der Waals surface area contributed by atoms with Gasteiger partial charge in [-0.15, -0.1) is 0 Å². The van der Waals surface area contributed by atoms with E-state index in [2.05, 4.69) is 82.6 Å². The van der Waals surface area contributed by atoms with Gasteiger partial charge in [0.25, 0.3) is 0 Å². The highest BCUT2D eigenvalue weighted by Crippen LogP contribution is 2.36. The average molecular weight is 370 g/mol. The third kappa shape index (κ3) is 3.50. The summed E-state index contributed by atoms with van der Waals surface area (Å²) < 4.78 is 5.85. The fraction of sp³-hybridized carbons (Fsp3) is 0.280. The minimum absolute atomic E-state index is 0.584. The summed E-state index contributed by atoms with van der Waals surface area (Å²) in [4.78, 5) is 5.03. The van der Waals surface area contributed by atoms with Crippen molar-refractivity contribution in [3.05, 3.63) is 84.4 Å². The Hall–Kier alpha value is -2.78. The summed E-state index contributed by atoms with van der Waals surface area (Å²) in [7, 11) is 0. The second-order valence-electron chi connectivity index (χ2n) is 7.78. The van der Waals surface area contributed by atoms with Crippen LogP contribution in [0.25, 0.3) is 11.1 Å². The van der Waals surface area contributed by atoms with Crippen LogP contribution in [0.5, 0.6) is 5.75 Å². The number of piperidine rings is 1. The zero-order valence-corrected chi connectivity index (χ0v) is 16.1. The number of nitrogens with zero attached hydrogens (tertiary/aromatic N) is 2. The van der Waals surface area contributed by atoms with E-state index in [9.17, 15) is 0 Å². The molecule has 0 spiro atoms. The zero-order chi connectivity index (χ0) is 18.8. The zero-order valence-electron chi connectivity index (χ0n) is 16.1. The van der Waals surface area contributed by atoms with E-state index in [4.69, 9.17) is 4.74 Å². The van der Waals surface area contributed by atoms with Crippen LogP contribution < -0.4 is 9.64 Å². The van der Waals surface area contributed by atoms with Crippen molar-refractivity contribution in [3.63, 3.8) is 0 Å². The van der Waals surface area contributed by atoms with Gasteiger partial charge in [0, 0.05) is 25.7 Å². The van der Waals surface area contributed by atoms with Gasteiger partial charge in [-0.05, 0) is 41.7 Å². The Morgan fingerprint density at radius 1 is 0.750 bits per heavy atom. The molecule has 5 rings (SSSR count). The van der Waals surface area contributed by atoms with Crippen molar-refractivity contribution in [1.29, 1.82) is 0 Å². The van der Waals surface area contributed by atoms with Gasteiger partial charge in [0.05, 0.1) is 5.69 Å². The number of para-hydroxylation sites is 2. The molecule has 1 saturated heterocycles. The predicted molar refractivity (Wildman–Crippen MR) is 115 cm³/mol. The van der Waals surface area contributed by atoms with Gasteiger partial charge in [0.2, 0.25) is 0 Å². The Bertz CT molecular complexity index is 915. The fourth-order valence-electron chi connectivity index (χ4n) is 4.41. The van der Waals surface area contributed by atoms with Crippen molar-refractivity contribution < 1.29 is 4.74 Å². The molecule has 0 saturated carbocycles. The van der Waals surface area contributed by atoms with Crippen LogP contribution in [-0.4, -0.2) is 30.8 Å². The highest BCUT2D eigenvalue weighted by Gasteiger charge is 2.30. The van der Waals surface area contributed by atoms with Crippen LogP contribution in [0.3, 0.4) is 0 Å². The molecule has 0 N–H and O–H groups in total. The molecule has 142 valence electrons.